The Hall–Kier alpha value is -2.37. The summed E-state index contributed by atoms with van der Waals surface area (Å²) in [6.45, 7) is 1.41. The summed E-state index contributed by atoms with van der Waals surface area (Å²) >= 11 is 0. The molecule has 0 radical (unpaired) electrons. The molecule has 0 aromatic heterocycles. The quantitative estimate of drug-likeness (QED) is 0.629. The number of hydrogen-bond acceptors (Lipinski definition) is 3. The van der Waals surface area contributed by atoms with Gasteiger partial charge < -0.3 is 15.7 Å². The highest BCUT2D eigenvalue weighted by atomic mass is 16.4. The standard InChI is InChI=1S/C20H28N2O4/c1-20(19(25)26,16-9-3-2-4-10-16)14-22-18(24)13-21-17(23)12-11-15-7-5-6-8-15/h2-4,9-10,15H,5-8,11-14H2,1H3,(H,21,23)(H,22,24)(H,25,26). The van der Waals surface area contributed by atoms with Crippen LogP contribution in [0.5, 0.6) is 0 Å². The number of amides is 2. The molecule has 0 saturated heterocycles. The topological polar surface area (TPSA) is 95.5 Å². The van der Waals surface area contributed by atoms with E-state index in [1.54, 1.807) is 31.2 Å². The zero-order chi connectivity index (χ0) is 19.0. The Kier molecular flexibility index (Phi) is 7.18. The molecule has 6 heteroatoms. The SMILES string of the molecule is CC(CNC(=O)CNC(=O)CCC1CCCC1)(C(=O)O)c1ccccc1. The summed E-state index contributed by atoms with van der Waals surface area (Å²) in [6, 6.07) is 8.80. The Labute approximate surface area is 154 Å². The molecule has 1 unspecified atom stereocenters. The highest BCUT2D eigenvalue weighted by molar-refractivity contribution is 5.86. The van der Waals surface area contributed by atoms with Gasteiger partial charge in [0.2, 0.25) is 11.8 Å². The number of aliphatic carboxylic acids is 1. The molecule has 0 heterocycles. The van der Waals surface area contributed by atoms with Gasteiger partial charge in [0, 0.05) is 13.0 Å². The van der Waals surface area contributed by atoms with E-state index in [4.69, 9.17) is 0 Å². The van der Waals surface area contributed by atoms with E-state index in [-0.39, 0.29) is 24.9 Å². The number of rotatable bonds is 9. The molecule has 1 saturated carbocycles. The molecule has 3 N–H and O–H groups in total. The van der Waals surface area contributed by atoms with Crippen LogP contribution in [0.4, 0.5) is 0 Å². The smallest absolute Gasteiger partial charge is 0.315 e. The molecule has 1 fully saturated rings. The maximum atomic E-state index is 12.0. The third kappa shape index (κ3) is 5.58. The van der Waals surface area contributed by atoms with Crippen LogP contribution < -0.4 is 10.6 Å². The second-order valence-electron chi connectivity index (χ2n) is 7.25. The van der Waals surface area contributed by atoms with Crippen LogP contribution in [0.25, 0.3) is 0 Å². The van der Waals surface area contributed by atoms with Crippen LogP contribution >= 0.6 is 0 Å². The second kappa shape index (κ2) is 9.36. The van der Waals surface area contributed by atoms with Gasteiger partial charge in [0.1, 0.15) is 5.41 Å². The van der Waals surface area contributed by atoms with Crippen LogP contribution in [0.15, 0.2) is 30.3 Å². The summed E-state index contributed by atoms with van der Waals surface area (Å²) in [5.41, 5.74) is -0.600. The summed E-state index contributed by atoms with van der Waals surface area (Å²) in [6.07, 6.45) is 6.20. The molecule has 142 valence electrons. The first-order valence-electron chi connectivity index (χ1n) is 9.24. The molecular weight excluding hydrogens is 332 g/mol. The Morgan fingerprint density at radius 1 is 1.08 bits per heavy atom. The normalized spacial score (nSPS) is 16.7. The van der Waals surface area contributed by atoms with Crippen LogP contribution in [-0.2, 0) is 19.8 Å². The first-order valence-corrected chi connectivity index (χ1v) is 9.24. The number of carboxylic acid groups (broad SMARTS) is 1. The van der Waals surface area contributed by atoms with E-state index in [1.807, 2.05) is 6.07 Å². The second-order valence-corrected chi connectivity index (χ2v) is 7.25. The van der Waals surface area contributed by atoms with Crippen molar-refractivity contribution < 1.29 is 19.5 Å². The molecule has 6 nitrogen and oxygen atoms in total. The lowest BCUT2D eigenvalue weighted by Crippen LogP contribution is -2.47. The van der Waals surface area contributed by atoms with Gasteiger partial charge in [-0.15, -0.1) is 0 Å². The lowest BCUT2D eigenvalue weighted by atomic mass is 9.82. The fourth-order valence-electron chi connectivity index (χ4n) is 3.35. The Bertz CT molecular complexity index is 626. The van der Waals surface area contributed by atoms with Gasteiger partial charge in [-0.2, -0.15) is 0 Å². The van der Waals surface area contributed by atoms with Crippen molar-refractivity contribution in [2.45, 2.75) is 50.9 Å². The summed E-state index contributed by atoms with van der Waals surface area (Å²) in [4.78, 5) is 35.5. The largest absolute Gasteiger partial charge is 0.481 e. The third-order valence-corrected chi connectivity index (χ3v) is 5.22. The molecule has 1 aliphatic rings. The lowest BCUT2D eigenvalue weighted by molar-refractivity contribution is -0.143. The van der Waals surface area contributed by atoms with Crippen LogP contribution in [-0.4, -0.2) is 36.0 Å². The van der Waals surface area contributed by atoms with Crippen LogP contribution in [0.1, 0.15) is 51.0 Å². The highest BCUT2D eigenvalue weighted by Crippen LogP contribution is 2.28. The van der Waals surface area contributed by atoms with E-state index in [0.29, 0.717) is 17.9 Å². The van der Waals surface area contributed by atoms with E-state index in [9.17, 15) is 19.5 Å². The van der Waals surface area contributed by atoms with Gasteiger partial charge in [0.05, 0.1) is 6.54 Å². The van der Waals surface area contributed by atoms with E-state index < -0.39 is 11.4 Å². The molecule has 0 bridgehead atoms. The number of benzene rings is 1. The highest BCUT2D eigenvalue weighted by Gasteiger charge is 2.35. The zero-order valence-corrected chi connectivity index (χ0v) is 15.3. The van der Waals surface area contributed by atoms with Crippen molar-refractivity contribution in [1.29, 1.82) is 0 Å². The summed E-state index contributed by atoms with van der Waals surface area (Å²) in [7, 11) is 0. The van der Waals surface area contributed by atoms with E-state index >= 15 is 0 Å². The van der Waals surface area contributed by atoms with Crippen molar-refractivity contribution in [3.05, 3.63) is 35.9 Å². The molecule has 1 aliphatic carbocycles. The van der Waals surface area contributed by atoms with Gasteiger partial charge in [-0.05, 0) is 24.8 Å². The predicted octanol–water partition coefficient (Wildman–Crippen LogP) is 2.23. The van der Waals surface area contributed by atoms with Gasteiger partial charge in [-0.25, -0.2) is 0 Å². The average Bonchev–Trinajstić information content (AvgIpc) is 3.16. The Morgan fingerprint density at radius 2 is 1.73 bits per heavy atom. The predicted molar refractivity (Wildman–Crippen MR) is 98.6 cm³/mol. The number of carbonyl (C=O) groups is 3. The molecule has 1 atom stereocenters. The number of carbonyl (C=O) groups excluding carboxylic acids is 2. The maximum absolute atomic E-state index is 12.0. The van der Waals surface area contributed by atoms with E-state index in [0.717, 1.165) is 6.42 Å². The molecule has 2 amide bonds. The van der Waals surface area contributed by atoms with Crippen molar-refractivity contribution in [2.24, 2.45) is 5.92 Å². The monoisotopic (exact) mass is 360 g/mol. The maximum Gasteiger partial charge on any atom is 0.315 e. The van der Waals surface area contributed by atoms with Crippen molar-refractivity contribution in [1.82, 2.24) is 10.6 Å². The molecule has 1 aromatic rings. The fourth-order valence-corrected chi connectivity index (χ4v) is 3.35. The van der Waals surface area contributed by atoms with E-state index in [2.05, 4.69) is 10.6 Å². The Morgan fingerprint density at radius 3 is 2.35 bits per heavy atom. The number of nitrogens with one attached hydrogen (secondary N) is 2. The van der Waals surface area contributed by atoms with Crippen molar-refractivity contribution >= 4 is 17.8 Å². The number of hydrogen-bond donors (Lipinski definition) is 3. The van der Waals surface area contributed by atoms with Gasteiger partial charge in [0.25, 0.3) is 0 Å². The van der Waals surface area contributed by atoms with Crippen LogP contribution in [0.3, 0.4) is 0 Å². The minimum atomic E-state index is -1.22. The van der Waals surface area contributed by atoms with Gasteiger partial charge in [-0.3, -0.25) is 14.4 Å². The van der Waals surface area contributed by atoms with Gasteiger partial charge in [-0.1, -0.05) is 56.0 Å². The van der Waals surface area contributed by atoms with Gasteiger partial charge in [0.15, 0.2) is 0 Å². The minimum Gasteiger partial charge on any atom is -0.481 e. The van der Waals surface area contributed by atoms with Crippen LogP contribution in [0.2, 0.25) is 0 Å². The van der Waals surface area contributed by atoms with Crippen LogP contribution in [0, 0.1) is 5.92 Å². The number of carboxylic acids is 1. The summed E-state index contributed by atoms with van der Waals surface area (Å²) in [5.74, 6) is -0.889. The Balaban J connectivity index is 1.75. The van der Waals surface area contributed by atoms with Crippen molar-refractivity contribution in [3.63, 3.8) is 0 Å². The third-order valence-electron chi connectivity index (χ3n) is 5.22. The first kappa shape index (κ1) is 19.9. The molecule has 1 aromatic carbocycles. The molecular formula is C20H28N2O4. The fraction of sp³-hybridized carbons (Fsp3) is 0.550. The van der Waals surface area contributed by atoms with Gasteiger partial charge >= 0.3 is 5.97 Å². The molecule has 0 spiro atoms. The lowest BCUT2D eigenvalue weighted by Gasteiger charge is -2.25. The first-order chi connectivity index (χ1) is 12.4. The average molecular weight is 360 g/mol. The molecule has 2 rings (SSSR count). The minimum absolute atomic E-state index is 0.0386. The van der Waals surface area contributed by atoms with Crippen molar-refractivity contribution in [3.8, 4) is 0 Å². The van der Waals surface area contributed by atoms with Crippen molar-refractivity contribution in [2.75, 3.05) is 13.1 Å². The molecule has 26 heavy (non-hydrogen) atoms. The summed E-state index contributed by atoms with van der Waals surface area (Å²) in [5, 5.41) is 14.8. The summed E-state index contributed by atoms with van der Waals surface area (Å²) < 4.78 is 0. The molecule has 0 aliphatic heterocycles. The zero-order valence-electron chi connectivity index (χ0n) is 15.3. The van der Waals surface area contributed by atoms with E-state index in [1.165, 1.54) is 25.7 Å².